The number of hydrogen-bond acceptors (Lipinski definition) is 3. The number of carbonyl (C=O) groups is 3. The number of urea groups is 1. The van der Waals surface area contributed by atoms with E-state index in [0.717, 1.165) is 0 Å². The monoisotopic (exact) mass is 177 g/mol. The maximum absolute atomic E-state index is 10.4. The van der Waals surface area contributed by atoms with E-state index in [1.54, 1.807) is 5.32 Å². The van der Waals surface area contributed by atoms with Crippen molar-refractivity contribution in [3.63, 3.8) is 0 Å². The van der Waals surface area contributed by atoms with Crippen molar-refractivity contribution in [3.05, 3.63) is 0 Å². The number of nitrogens with two attached hydrogens (primary N) is 1. The highest BCUT2D eigenvalue weighted by atomic mass is 16.4. The Kier molecular flexibility index (Phi) is 2.88. The molecule has 7 nitrogen and oxygen atoms in total. The van der Waals surface area contributed by atoms with Crippen molar-refractivity contribution in [2.24, 2.45) is 5.73 Å². The molecule has 0 bridgehead atoms. The third kappa shape index (κ3) is 4.09. The lowest BCUT2D eigenvalue weighted by atomic mass is 10.2. The van der Waals surface area contributed by atoms with Gasteiger partial charge in [-0.15, -0.1) is 0 Å². The van der Waals surface area contributed by atoms with E-state index in [1.165, 1.54) is 5.73 Å². The van der Waals surface area contributed by atoms with Gasteiger partial charge in [0.25, 0.3) is 0 Å². The van der Waals surface area contributed by atoms with Gasteiger partial charge >= 0.3 is 18.0 Å². The van der Waals surface area contributed by atoms with E-state index in [2.05, 4.69) is 0 Å². The first kappa shape index (κ1) is 8.31. The molecule has 0 aliphatic heterocycles. The standard InChI is InChI=1S/C5H8N2O5/c6-5(12)7-2(4(10)11)1-3(8)9/h2H,1H2,(H,8,9)(H,10,11)(H3,6,7,12)/t2-/m0/s1/i/hD. The van der Waals surface area contributed by atoms with E-state index >= 15 is 0 Å². The first-order chi connectivity index (χ1) is 5.97. The lowest BCUT2D eigenvalue weighted by Gasteiger charge is -2.08. The molecule has 12 heavy (non-hydrogen) atoms. The molecule has 5 N–H and O–H groups in total. The molecule has 0 fully saturated rings. The van der Waals surface area contributed by atoms with Gasteiger partial charge in [0.1, 0.15) is 6.04 Å². The lowest BCUT2D eigenvalue weighted by Crippen LogP contribution is -2.44. The molecule has 68 valence electrons. The number of carboxylic acid groups (broad SMARTS) is 2. The van der Waals surface area contributed by atoms with Crippen molar-refractivity contribution in [3.8, 4) is 0 Å². The maximum Gasteiger partial charge on any atom is 0.326 e. The van der Waals surface area contributed by atoms with E-state index in [1.807, 2.05) is 0 Å². The molecule has 0 saturated carbocycles. The van der Waals surface area contributed by atoms with E-state index < -0.39 is 30.4 Å². The zero-order valence-corrected chi connectivity index (χ0v) is 5.90. The number of aliphatic carboxylic acids is 2. The van der Waals surface area contributed by atoms with Crippen LogP contribution in [0.25, 0.3) is 0 Å². The van der Waals surface area contributed by atoms with Crippen LogP contribution in [0.15, 0.2) is 0 Å². The topological polar surface area (TPSA) is 130 Å². The second-order valence-corrected chi connectivity index (χ2v) is 1.96. The number of hydrogen-bond donors (Lipinski definition) is 4. The van der Waals surface area contributed by atoms with Crippen LogP contribution in [0.2, 0.25) is 1.41 Å². The average molecular weight is 177 g/mol. The van der Waals surface area contributed by atoms with E-state index in [-0.39, 0.29) is 0 Å². The molecule has 0 aromatic rings. The minimum atomic E-state index is -1.53. The number of primary amides is 1. The third-order valence-electron chi connectivity index (χ3n) is 0.982. The van der Waals surface area contributed by atoms with Crippen LogP contribution in [0.5, 0.6) is 0 Å². The zero-order chi connectivity index (χ0) is 10.4. The predicted molar refractivity (Wildman–Crippen MR) is 36.4 cm³/mol. The Morgan fingerprint density at radius 3 is 2.42 bits per heavy atom. The smallest absolute Gasteiger partial charge is 0.326 e. The van der Waals surface area contributed by atoms with Gasteiger partial charge in [0, 0.05) is 0 Å². The number of amides is 2. The Morgan fingerprint density at radius 2 is 2.08 bits per heavy atom. The molecule has 0 aromatic heterocycles. The Hall–Kier alpha value is -1.79. The van der Waals surface area contributed by atoms with Gasteiger partial charge in [-0.3, -0.25) is 4.79 Å². The van der Waals surface area contributed by atoms with Gasteiger partial charge in [-0.05, 0) is 0 Å². The normalized spacial score (nSPS) is 12.5. The summed E-state index contributed by atoms with van der Waals surface area (Å²) in [5.74, 6) is -2.82. The minimum absolute atomic E-state index is 0.733. The molecular weight excluding hydrogens is 168 g/mol. The number of carbonyl (C=O) groups excluding carboxylic acids is 1. The Morgan fingerprint density at radius 1 is 1.50 bits per heavy atom. The minimum Gasteiger partial charge on any atom is -0.481 e. The molecule has 0 radical (unpaired) electrons. The van der Waals surface area contributed by atoms with Crippen LogP contribution in [0.4, 0.5) is 4.79 Å². The van der Waals surface area contributed by atoms with Crippen molar-refractivity contribution in [1.82, 2.24) is 5.32 Å². The van der Waals surface area contributed by atoms with Crippen molar-refractivity contribution in [2.45, 2.75) is 12.5 Å². The van der Waals surface area contributed by atoms with Crippen LogP contribution in [0, 0.1) is 0 Å². The molecule has 0 aliphatic carbocycles. The fraction of sp³-hybridized carbons (Fsp3) is 0.400. The van der Waals surface area contributed by atoms with Crippen LogP contribution >= 0.6 is 0 Å². The van der Waals surface area contributed by atoms with E-state index in [9.17, 15) is 14.4 Å². The zero-order valence-electron chi connectivity index (χ0n) is 6.90. The molecule has 2 amide bonds. The second kappa shape index (κ2) is 4.16. The summed E-state index contributed by atoms with van der Waals surface area (Å²) in [6.45, 7) is 0. The van der Waals surface area contributed by atoms with Gasteiger partial charge in [-0.2, -0.15) is 0 Å². The Balaban J connectivity index is 4.18. The highest BCUT2D eigenvalue weighted by molar-refractivity contribution is 5.85. The van der Waals surface area contributed by atoms with Crippen molar-refractivity contribution in [2.75, 3.05) is 0 Å². The largest absolute Gasteiger partial charge is 0.481 e. The summed E-state index contributed by atoms with van der Waals surface area (Å²) in [7, 11) is 0. The summed E-state index contributed by atoms with van der Waals surface area (Å²) >= 11 is 0. The number of carboxylic acids is 2. The molecular formula is C5H8N2O5. The van der Waals surface area contributed by atoms with Gasteiger partial charge < -0.3 is 21.3 Å². The quantitative estimate of drug-likeness (QED) is 0.418. The number of nitrogens with one attached hydrogen (secondary N) is 1. The summed E-state index contributed by atoms with van der Waals surface area (Å²) < 4.78 is 6.32. The maximum atomic E-state index is 10.4. The van der Waals surface area contributed by atoms with Gasteiger partial charge in [0.05, 0.1) is 6.42 Å². The summed E-state index contributed by atoms with van der Waals surface area (Å²) in [6, 6.07) is -2.59. The van der Waals surface area contributed by atoms with Gasteiger partial charge in [-0.25, -0.2) is 9.59 Å². The van der Waals surface area contributed by atoms with E-state index in [4.69, 9.17) is 11.6 Å². The summed E-state index contributed by atoms with van der Waals surface area (Å²) in [6.07, 6.45) is -0.733. The van der Waals surface area contributed by atoms with Crippen LogP contribution in [-0.4, -0.2) is 34.2 Å². The van der Waals surface area contributed by atoms with Crippen LogP contribution < -0.4 is 11.0 Å². The van der Waals surface area contributed by atoms with Gasteiger partial charge in [-0.1, -0.05) is 0 Å². The number of rotatable bonds is 4. The molecule has 0 spiro atoms. The molecule has 7 heteroatoms. The highest BCUT2D eigenvalue weighted by Crippen LogP contribution is 1.91. The Labute approximate surface area is 68.6 Å². The third-order valence-corrected chi connectivity index (χ3v) is 0.982. The summed E-state index contributed by atoms with van der Waals surface area (Å²) in [4.78, 5) is 30.9. The van der Waals surface area contributed by atoms with Crippen LogP contribution in [0.3, 0.4) is 0 Å². The highest BCUT2D eigenvalue weighted by Gasteiger charge is 2.21. The molecule has 0 aromatic carbocycles. The van der Waals surface area contributed by atoms with Crippen molar-refractivity contribution >= 4 is 18.0 Å². The molecule has 0 rings (SSSR count). The van der Waals surface area contributed by atoms with Crippen molar-refractivity contribution in [1.29, 1.82) is 0 Å². The Bertz CT molecular complexity index is 231. The molecule has 0 aliphatic rings. The second-order valence-electron chi connectivity index (χ2n) is 1.96. The first-order valence-corrected chi connectivity index (χ1v) is 2.90. The summed E-state index contributed by atoms with van der Waals surface area (Å²) in [5, 5.41) is 18.4. The van der Waals surface area contributed by atoms with Gasteiger partial charge in [0.2, 0.25) is 0 Å². The van der Waals surface area contributed by atoms with Gasteiger partial charge in [0.15, 0.2) is 1.41 Å². The fourth-order valence-electron chi connectivity index (χ4n) is 0.533. The summed E-state index contributed by atoms with van der Waals surface area (Å²) in [5.41, 5.74) is 1.37. The SMILES string of the molecule is [2H]NC(=O)N[C@@H](CC(=O)O)C(=O)O. The lowest BCUT2D eigenvalue weighted by molar-refractivity contribution is -0.145. The predicted octanol–water partition coefficient (Wildman–Crippen LogP) is -1.42. The van der Waals surface area contributed by atoms with Crippen LogP contribution in [0.1, 0.15) is 6.42 Å². The fourth-order valence-corrected chi connectivity index (χ4v) is 0.533. The van der Waals surface area contributed by atoms with Crippen LogP contribution in [-0.2, 0) is 9.59 Å². The average Bonchev–Trinajstić information content (AvgIpc) is 2.02. The molecule has 0 unspecified atom stereocenters. The molecule has 0 saturated heterocycles. The molecule has 0 heterocycles. The van der Waals surface area contributed by atoms with E-state index in [0.29, 0.717) is 0 Å². The first-order valence-electron chi connectivity index (χ1n) is 3.40. The van der Waals surface area contributed by atoms with Crippen molar-refractivity contribution < 1.29 is 26.0 Å². The molecule has 1 atom stereocenters.